The van der Waals surface area contributed by atoms with Crippen molar-refractivity contribution in [2.75, 3.05) is 11.9 Å². The van der Waals surface area contributed by atoms with Crippen molar-refractivity contribution in [2.45, 2.75) is 52.2 Å². The van der Waals surface area contributed by atoms with Crippen molar-refractivity contribution >= 4 is 22.5 Å². The summed E-state index contributed by atoms with van der Waals surface area (Å²) in [6.07, 6.45) is 3.86. The average Bonchev–Trinajstić information content (AvgIpc) is 3.42. The number of amides is 1. The van der Waals surface area contributed by atoms with Gasteiger partial charge in [0.2, 0.25) is 0 Å². The quantitative estimate of drug-likeness (QED) is 0.820. The van der Waals surface area contributed by atoms with Crippen molar-refractivity contribution in [3.8, 4) is 5.75 Å². The maximum atomic E-state index is 12.9. The highest BCUT2D eigenvalue weighted by Crippen LogP contribution is 2.43. The lowest BCUT2D eigenvalue weighted by atomic mass is 9.98. The summed E-state index contributed by atoms with van der Waals surface area (Å²) >= 11 is 0. The number of carbonyl (C=O) groups is 1. The molecule has 0 spiro atoms. The molecule has 1 atom stereocenters. The molecule has 3 rings (SSSR count). The van der Waals surface area contributed by atoms with Gasteiger partial charge < -0.3 is 14.8 Å². The Hall–Kier alpha value is -2.14. The lowest BCUT2D eigenvalue weighted by Crippen LogP contribution is -2.44. The van der Waals surface area contributed by atoms with E-state index in [-0.39, 0.29) is 12.0 Å². The number of ether oxygens (including phenoxy) is 2. The summed E-state index contributed by atoms with van der Waals surface area (Å²) in [7, 11) is 0. The largest absolute Gasteiger partial charge is 0.489 e. The van der Waals surface area contributed by atoms with E-state index >= 15 is 0 Å². The molecule has 1 aliphatic carbocycles. The molecule has 1 aromatic carbocycles. The van der Waals surface area contributed by atoms with Crippen molar-refractivity contribution in [2.24, 2.45) is 5.92 Å². The average molecular weight is 342 g/mol. The van der Waals surface area contributed by atoms with Crippen LogP contribution in [0.3, 0.4) is 0 Å². The van der Waals surface area contributed by atoms with Crippen LogP contribution in [0.5, 0.6) is 5.75 Å². The Morgan fingerprint density at radius 1 is 1.36 bits per heavy atom. The summed E-state index contributed by atoms with van der Waals surface area (Å²) < 4.78 is 11.7. The van der Waals surface area contributed by atoms with Gasteiger partial charge in [-0.05, 0) is 70.7 Å². The Labute approximate surface area is 148 Å². The Morgan fingerprint density at radius 3 is 2.76 bits per heavy atom. The highest BCUT2D eigenvalue weighted by Gasteiger charge is 2.48. The summed E-state index contributed by atoms with van der Waals surface area (Å²) in [6.45, 7) is 8.29. The van der Waals surface area contributed by atoms with E-state index < -0.39 is 5.60 Å². The van der Waals surface area contributed by atoms with Gasteiger partial charge in [-0.1, -0.05) is 0 Å². The van der Waals surface area contributed by atoms with Crippen LogP contribution in [-0.4, -0.2) is 29.2 Å². The molecule has 0 unspecified atom stereocenters. The minimum atomic E-state index is -0.781. The number of nitrogens with one attached hydrogen (secondary N) is 1. The van der Waals surface area contributed by atoms with Crippen LogP contribution in [0.15, 0.2) is 30.5 Å². The SMILES string of the molecule is CCO[C@@](C)(C(=O)Nc1ccc(OC(C)C)c2ncccc12)C1CC1. The number of anilines is 1. The summed E-state index contributed by atoms with van der Waals surface area (Å²) in [5, 5.41) is 3.92. The van der Waals surface area contributed by atoms with Crippen LogP contribution in [0.25, 0.3) is 10.9 Å². The number of hydrogen-bond donors (Lipinski definition) is 1. The van der Waals surface area contributed by atoms with Gasteiger partial charge in [0.05, 0.1) is 11.8 Å². The zero-order chi connectivity index (χ0) is 18.0. The lowest BCUT2D eigenvalue weighted by Gasteiger charge is -2.28. The second-order valence-electron chi connectivity index (χ2n) is 6.95. The first-order valence-corrected chi connectivity index (χ1v) is 8.95. The van der Waals surface area contributed by atoms with Gasteiger partial charge in [0, 0.05) is 18.2 Å². The molecule has 5 heteroatoms. The topological polar surface area (TPSA) is 60.5 Å². The molecule has 1 heterocycles. The first-order valence-electron chi connectivity index (χ1n) is 8.95. The number of benzene rings is 1. The highest BCUT2D eigenvalue weighted by atomic mass is 16.5. The fourth-order valence-electron chi connectivity index (χ4n) is 3.15. The van der Waals surface area contributed by atoms with E-state index in [0.717, 1.165) is 35.2 Å². The maximum absolute atomic E-state index is 12.9. The van der Waals surface area contributed by atoms with Crippen LogP contribution in [0.1, 0.15) is 40.5 Å². The molecule has 1 amide bonds. The molecule has 1 fully saturated rings. The molecular formula is C20H26N2O3. The minimum absolute atomic E-state index is 0.0572. The standard InChI is InChI=1S/C20H26N2O3/c1-5-24-20(4,14-8-9-14)19(23)22-16-10-11-17(25-13(2)3)18-15(16)7-6-12-21-18/h6-7,10-14H,5,8-9H2,1-4H3,(H,22,23)/t20-/m1/s1. The second kappa shape index (κ2) is 7.00. The molecule has 1 aliphatic rings. The molecule has 0 bridgehead atoms. The summed E-state index contributed by atoms with van der Waals surface area (Å²) in [6, 6.07) is 7.54. The normalized spacial score (nSPS) is 16.7. The van der Waals surface area contributed by atoms with Crippen molar-refractivity contribution in [1.29, 1.82) is 0 Å². The molecule has 0 aliphatic heterocycles. The molecular weight excluding hydrogens is 316 g/mol. The molecule has 134 valence electrons. The summed E-state index contributed by atoms with van der Waals surface area (Å²) in [5.41, 5.74) is 0.699. The minimum Gasteiger partial charge on any atom is -0.489 e. The van der Waals surface area contributed by atoms with E-state index in [0.29, 0.717) is 12.5 Å². The molecule has 0 saturated heterocycles. The van der Waals surface area contributed by atoms with E-state index in [1.54, 1.807) is 6.20 Å². The van der Waals surface area contributed by atoms with Gasteiger partial charge in [-0.15, -0.1) is 0 Å². The Morgan fingerprint density at radius 2 is 2.12 bits per heavy atom. The highest BCUT2D eigenvalue weighted by molar-refractivity contribution is 6.05. The number of carbonyl (C=O) groups excluding carboxylic acids is 1. The van der Waals surface area contributed by atoms with Crippen molar-refractivity contribution in [1.82, 2.24) is 4.98 Å². The van der Waals surface area contributed by atoms with Crippen LogP contribution >= 0.6 is 0 Å². The van der Waals surface area contributed by atoms with E-state index in [1.165, 1.54) is 0 Å². The van der Waals surface area contributed by atoms with Crippen molar-refractivity contribution in [3.63, 3.8) is 0 Å². The summed E-state index contributed by atoms with van der Waals surface area (Å²) in [5.74, 6) is 0.915. The monoisotopic (exact) mass is 342 g/mol. The number of pyridine rings is 1. The third-order valence-electron chi connectivity index (χ3n) is 4.59. The molecule has 1 saturated carbocycles. The van der Waals surface area contributed by atoms with Crippen LogP contribution in [-0.2, 0) is 9.53 Å². The molecule has 0 radical (unpaired) electrons. The van der Waals surface area contributed by atoms with Gasteiger partial charge in [-0.3, -0.25) is 9.78 Å². The third kappa shape index (κ3) is 3.61. The first-order chi connectivity index (χ1) is 12.0. The number of aromatic nitrogens is 1. The maximum Gasteiger partial charge on any atom is 0.256 e. The molecule has 2 aromatic rings. The van der Waals surface area contributed by atoms with E-state index in [4.69, 9.17) is 9.47 Å². The lowest BCUT2D eigenvalue weighted by molar-refractivity contribution is -0.141. The van der Waals surface area contributed by atoms with Crippen LogP contribution in [0.2, 0.25) is 0 Å². The zero-order valence-electron chi connectivity index (χ0n) is 15.3. The van der Waals surface area contributed by atoms with Gasteiger partial charge >= 0.3 is 0 Å². The van der Waals surface area contributed by atoms with E-state index in [2.05, 4.69) is 10.3 Å². The van der Waals surface area contributed by atoms with Gasteiger partial charge in [-0.25, -0.2) is 0 Å². The van der Waals surface area contributed by atoms with Crippen LogP contribution < -0.4 is 10.1 Å². The number of nitrogens with zero attached hydrogens (tertiary/aromatic N) is 1. The Bertz CT molecular complexity index is 771. The van der Waals surface area contributed by atoms with Gasteiger partial charge in [0.25, 0.3) is 5.91 Å². The predicted octanol–water partition coefficient (Wildman–Crippen LogP) is 4.17. The van der Waals surface area contributed by atoms with Crippen molar-refractivity contribution in [3.05, 3.63) is 30.5 Å². The fraction of sp³-hybridized carbons (Fsp3) is 0.500. The first kappa shape index (κ1) is 17.7. The van der Waals surface area contributed by atoms with E-state index in [1.807, 2.05) is 52.0 Å². The predicted molar refractivity (Wildman–Crippen MR) is 98.9 cm³/mol. The van der Waals surface area contributed by atoms with Crippen molar-refractivity contribution < 1.29 is 14.3 Å². The number of fused-ring (bicyclic) bond motifs is 1. The molecule has 25 heavy (non-hydrogen) atoms. The second-order valence-corrected chi connectivity index (χ2v) is 6.95. The fourth-order valence-corrected chi connectivity index (χ4v) is 3.15. The number of hydrogen-bond acceptors (Lipinski definition) is 4. The van der Waals surface area contributed by atoms with Gasteiger partial charge in [0.15, 0.2) is 0 Å². The third-order valence-corrected chi connectivity index (χ3v) is 4.59. The summed E-state index contributed by atoms with van der Waals surface area (Å²) in [4.78, 5) is 17.4. The molecule has 1 aromatic heterocycles. The Kier molecular flexibility index (Phi) is 4.95. The van der Waals surface area contributed by atoms with E-state index in [9.17, 15) is 4.79 Å². The van der Waals surface area contributed by atoms with Gasteiger partial charge in [-0.2, -0.15) is 0 Å². The Balaban J connectivity index is 1.92. The van der Waals surface area contributed by atoms with Crippen LogP contribution in [0.4, 0.5) is 5.69 Å². The molecule has 5 nitrogen and oxygen atoms in total. The zero-order valence-corrected chi connectivity index (χ0v) is 15.3. The van der Waals surface area contributed by atoms with Crippen LogP contribution in [0, 0.1) is 5.92 Å². The molecule has 1 N–H and O–H groups in total. The van der Waals surface area contributed by atoms with Gasteiger partial charge in [0.1, 0.15) is 16.9 Å². The number of rotatable bonds is 7. The smallest absolute Gasteiger partial charge is 0.256 e.